The number of rotatable bonds is 25. The molecule has 0 saturated carbocycles. The number of methoxy groups -OCH3 is 2. The van der Waals surface area contributed by atoms with Gasteiger partial charge in [-0.3, -0.25) is 24.1 Å². The van der Waals surface area contributed by atoms with Crippen LogP contribution in [0.25, 0.3) is 0 Å². The molecule has 1 saturated heterocycles. The normalized spacial score (nSPS) is 18.3. The van der Waals surface area contributed by atoms with Gasteiger partial charge in [0.05, 0.1) is 49.2 Å². The molecule has 2 rings (SSSR count). The van der Waals surface area contributed by atoms with Crippen molar-refractivity contribution in [3.8, 4) is 0 Å². The van der Waals surface area contributed by atoms with E-state index in [0.29, 0.717) is 19.5 Å². The van der Waals surface area contributed by atoms with Gasteiger partial charge in [-0.05, 0) is 69.2 Å². The van der Waals surface area contributed by atoms with Crippen molar-refractivity contribution in [3.63, 3.8) is 0 Å². The van der Waals surface area contributed by atoms with Crippen LogP contribution in [0, 0.1) is 17.8 Å². The van der Waals surface area contributed by atoms with Crippen molar-refractivity contribution in [3.05, 3.63) is 54.1 Å². The fourth-order valence-corrected chi connectivity index (χ4v) is 8.30. The van der Waals surface area contributed by atoms with Gasteiger partial charge in [-0.2, -0.15) is 0 Å². The molecule has 1 aromatic carbocycles. The topological polar surface area (TPSA) is 133 Å². The van der Waals surface area contributed by atoms with E-state index in [-0.39, 0.29) is 60.5 Å². The molecule has 12 nitrogen and oxygen atoms in total. The van der Waals surface area contributed by atoms with Gasteiger partial charge >= 0.3 is 0 Å². The molecule has 1 aromatic rings. The van der Waals surface area contributed by atoms with Gasteiger partial charge in [-0.1, -0.05) is 90.8 Å². The highest BCUT2D eigenvalue weighted by atomic mass is 16.5. The van der Waals surface area contributed by atoms with E-state index >= 15 is 0 Å². The molecule has 0 spiro atoms. The van der Waals surface area contributed by atoms with Crippen LogP contribution in [0.2, 0.25) is 0 Å². The first-order valence-electron chi connectivity index (χ1n) is 21.1. The van der Waals surface area contributed by atoms with Gasteiger partial charge in [0.25, 0.3) is 0 Å². The van der Waals surface area contributed by atoms with Crippen molar-refractivity contribution in [2.45, 2.75) is 136 Å². The third kappa shape index (κ3) is 14.5. The zero-order chi connectivity index (χ0) is 42.8. The first kappa shape index (κ1) is 49.4. The number of ether oxygens (including phenoxy) is 2. The Morgan fingerprint density at radius 2 is 1.72 bits per heavy atom. The van der Waals surface area contributed by atoms with Gasteiger partial charge in [0.2, 0.25) is 23.6 Å². The second-order valence-corrected chi connectivity index (χ2v) is 16.3. The van der Waals surface area contributed by atoms with Crippen LogP contribution in [0.5, 0.6) is 0 Å². The number of hydrogen-bond donors (Lipinski definition) is 3. The summed E-state index contributed by atoms with van der Waals surface area (Å²) in [6.45, 7) is 19.0. The lowest BCUT2D eigenvalue weighted by atomic mass is 9.90. The summed E-state index contributed by atoms with van der Waals surface area (Å²) in [5.41, 5.74) is 3.19. The number of anilines is 1. The van der Waals surface area contributed by atoms with Crippen molar-refractivity contribution in [2.24, 2.45) is 17.8 Å². The Labute approximate surface area is 344 Å². The number of benzene rings is 1. The number of nitrogens with zero attached hydrogens (tertiary/aromatic N) is 3. The molecule has 1 heterocycles. The predicted octanol–water partition coefficient (Wildman–Crippen LogP) is 6.03. The van der Waals surface area contributed by atoms with Crippen molar-refractivity contribution >= 4 is 29.3 Å². The van der Waals surface area contributed by atoms with Crippen LogP contribution in [0.1, 0.15) is 99.0 Å². The molecule has 0 radical (unpaired) electrons. The number of likely N-dealkylation sites (N-methyl/N-ethyl adjacent to an activating group) is 2. The molecule has 8 unspecified atom stereocenters. The van der Waals surface area contributed by atoms with E-state index in [1.807, 2.05) is 82.8 Å². The summed E-state index contributed by atoms with van der Waals surface area (Å²) >= 11 is 0. The van der Waals surface area contributed by atoms with Crippen LogP contribution in [0.4, 0.5) is 5.69 Å². The number of hydrogen-bond acceptors (Lipinski definition) is 8. The summed E-state index contributed by atoms with van der Waals surface area (Å²) < 4.78 is 12.0. The van der Waals surface area contributed by atoms with Crippen molar-refractivity contribution in [1.82, 2.24) is 25.3 Å². The second-order valence-electron chi connectivity index (χ2n) is 16.3. The summed E-state index contributed by atoms with van der Waals surface area (Å²) in [6, 6.07) is 6.84. The minimum absolute atomic E-state index is 0.000510. The molecule has 3 N–H and O–H groups in total. The largest absolute Gasteiger partial charge is 0.388 e. The lowest BCUT2D eigenvalue weighted by Crippen LogP contribution is -2.55. The molecular weight excluding hydrogens is 721 g/mol. The Bertz CT molecular complexity index is 1470. The van der Waals surface area contributed by atoms with Crippen LogP contribution in [0.15, 0.2) is 48.6 Å². The highest BCUT2D eigenvalue weighted by Gasteiger charge is 2.42. The monoisotopic (exact) mass is 797 g/mol. The van der Waals surface area contributed by atoms with E-state index in [1.54, 1.807) is 26.2 Å². The van der Waals surface area contributed by atoms with Crippen LogP contribution >= 0.6 is 0 Å². The number of likely N-dealkylation sites (tertiary alicyclic amines) is 1. The second kappa shape index (κ2) is 24.9. The highest BCUT2D eigenvalue weighted by molar-refractivity contribution is 5.88. The highest BCUT2D eigenvalue weighted by Crippen LogP contribution is 2.29. The third-order valence-corrected chi connectivity index (χ3v) is 11.6. The average Bonchev–Trinajstić information content (AvgIpc) is 3.67. The number of allylic oxidation sites excluding steroid dienone is 2. The molecule has 8 atom stereocenters. The molecule has 0 bridgehead atoms. The van der Waals surface area contributed by atoms with Gasteiger partial charge < -0.3 is 35.2 Å². The van der Waals surface area contributed by atoms with Crippen molar-refractivity contribution < 1.29 is 28.7 Å². The maximum atomic E-state index is 14.2. The summed E-state index contributed by atoms with van der Waals surface area (Å²) in [4.78, 5) is 60.5. The zero-order valence-corrected chi connectivity index (χ0v) is 37.2. The maximum Gasteiger partial charge on any atom is 0.242 e. The van der Waals surface area contributed by atoms with Crippen molar-refractivity contribution in [2.75, 3.05) is 53.8 Å². The van der Waals surface area contributed by atoms with Gasteiger partial charge in [-0.15, -0.1) is 0 Å². The maximum absolute atomic E-state index is 14.2. The number of unbranched alkanes of at least 4 members (excludes halogenated alkanes) is 1. The third-order valence-electron chi connectivity index (χ3n) is 11.6. The molecule has 322 valence electrons. The van der Waals surface area contributed by atoms with E-state index in [2.05, 4.69) is 48.5 Å². The van der Waals surface area contributed by atoms with E-state index in [9.17, 15) is 19.2 Å². The van der Waals surface area contributed by atoms with E-state index in [1.165, 1.54) is 0 Å². The molecule has 57 heavy (non-hydrogen) atoms. The van der Waals surface area contributed by atoms with Crippen LogP contribution in [-0.2, 0) is 35.2 Å². The first-order chi connectivity index (χ1) is 27.1. The quantitative estimate of drug-likeness (QED) is 0.102. The van der Waals surface area contributed by atoms with Gasteiger partial charge in [-0.25, -0.2) is 0 Å². The SMILES string of the molecule is C=C/C(=C\CCC)CC(C)NC(=O)C(C)C(OC)C1CCCN1C(=O)CC(OC)C(C(C)CC)N(C)C(=O)CNC(=O)C(C(C)C)N(C)Cc1cccc(NC)c1. The zero-order valence-electron chi connectivity index (χ0n) is 37.2. The number of nitrogens with one attached hydrogen (secondary N) is 3. The molecule has 1 aliphatic rings. The van der Waals surface area contributed by atoms with E-state index in [4.69, 9.17) is 9.47 Å². The molecule has 0 aromatic heterocycles. The fourth-order valence-electron chi connectivity index (χ4n) is 8.30. The van der Waals surface area contributed by atoms with Crippen LogP contribution in [-0.4, -0.2) is 123 Å². The minimum Gasteiger partial charge on any atom is -0.388 e. The van der Waals surface area contributed by atoms with Gasteiger partial charge in [0, 0.05) is 53.1 Å². The number of carbonyl (C=O) groups excluding carboxylic acids is 4. The summed E-state index contributed by atoms with van der Waals surface area (Å²) in [6.07, 6.45) is 7.96. The summed E-state index contributed by atoms with van der Waals surface area (Å²) in [5.74, 6) is -1.18. The van der Waals surface area contributed by atoms with E-state index < -0.39 is 30.2 Å². The summed E-state index contributed by atoms with van der Waals surface area (Å²) in [5, 5.41) is 9.22. The number of amides is 4. The summed E-state index contributed by atoms with van der Waals surface area (Å²) in [7, 11) is 8.70. The molecule has 1 fully saturated rings. The average molecular weight is 797 g/mol. The lowest BCUT2D eigenvalue weighted by Gasteiger charge is -2.39. The Morgan fingerprint density at radius 3 is 2.30 bits per heavy atom. The predicted molar refractivity (Wildman–Crippen MR) is 231 cm³/mol. The standard InChI is InChI=1S/C45H76N6O6/c1-14-17-20-34(16-3)25-32(7)48-44(54)33(8)43(57-13)37-23-19-24-51(37)39(52)27-38(56-12)42(31(6)15-2)50(11)40(53)28-47-45(55)41(30(4)5)49(10)29-35-21-18-22-36(26-35)46-9/h16,18,20-22,26,30-33,37-38,41-43,46H,3,14-15,17,19,23-25,27-29H2,1-2,4-13H3,(H,47,55)(H,48,54)/b34-20+. The molecule has 0 aliphatic carbocycles. The van der Waals surface area contributed by atoms with Gasteiger partial charge in [0.15, 0.2) is 0 Å². The lowest BCUT2D eigenvalue weighted by molar-refractivity contribution is -0.146. The van der Waals surface area contributed by atoms with Crippen molar-refractivity contribution in [1.29, 1.82) is 0 Å². The molecular formula is C45H76N6O6. The Morgan fingerprint density at radius 1 is 1.02 bits per heavy atom. The number of carbonyl (C=O) groups is 4. The Kier molecular flexibility index (Phi) is 21.6. The minimum atomic E-state index is -0.594. The molecule has 12 heteroatoms. The fraction of sp³-hybridized carbons (Fsp3) is 0.689. The van der Waals surface area contributed by atoms with E-state index in [0.717, 1.165) is 48.9 Å². The van der Waals surface area contributed by atoms with Crippen LogP contribution < -0.4 is 16.0 Å². The molecule has 1 aliphatic heterocycles. The van der Waals surface area contributed by atoms with Crippen LogP contribution in [0.3, 0.4) is 0 Å². The smallest absolute Gasteiger partial charge is 0.242 e. The Hall–Kier alpha value is -3.74. The first-order valence-corrected chi connectivity index (χ1v) is 21.1. The Balaban J connectivity index is 2.14. The van der Waals surface area contributed by atoms with Gasteiger partial charge in [0.1, 0.15) is 0 Å². The molecule has 4 amide bonds.